The fourth-order valence-corrected chi connectivity index (χ4v) is 1.93. The van der Waals surface area contributed by atoms with Crippen LogP contribution in [-0.4, -0.2) is 12.0 Å². The lowest BCUT2D eigenvalue weighted by Crippen LogP contribution is -2.11. The first-order chi connectivity index (χ1) is 8.86. The first-order valence-corrected chi connectivity index (χ1v) is 5.17. The van der Waals surface area contributed by atoms with Gasteiger partial charge in [-0.2, -0.15) is 13.2 Å². The zero-order valence-electron chi connectivity index (χ0n) is 9.69. The minimum atomic E-state index is -4.84. The minimum Gasteiger partial charge on any atom is -0.490 e. The highest BCUT2D eigenvalue weighted by atomic mass is 19.4. The van der Waals surface area contributed by atoms with Gasteiger partial charge >= 0.3 is 11.9 Å². The summed E-state index contributed by atoms with van der Waals surface area (Å²) < 4.78 is 44.0. The number of fused-ring (bicyclic) bond motifs is 1. The summed E-state index contributed by atoms with van der Waals surface area (Å²) in [6, 6.07) is 6.81. The second-order valence-corrected chi connectivity index (χ2v) is 3.78. The van der Waals surface area contributed by atoms with Gasteiger partial charge in [0.05, 0.1) is 12.0 Å². The van der Waals surface area contributed by atoms with E-state index in [0.717, 1.165) is 7.11 Å². The lowest BCUT2D eigenvalue weighted by atomic mass is 10.0. The van der Waals surface area contributed by atoms with E-state index in [4.69, 9.17) is 4.74 Å². The van der Waals surface area contributed by atoms with E-state index in [1.54, 1.807) is 6.07 Å². The van der Waals surface area contributed by atoms with Crippen LogP contribution in [0.5, 0.6) is 5.75 Å². The Kier molecular flexibility index (Phi) is 3.05. The van der Waals surface area contributed by atoms with Gasteiger partial charge in [0.25, 0.3) is 0 Å². The van der Waals surface area contributed by atoms with Crippen molar-refractivity contribution in [1.29, 1.82) is 0 Å². The van der Waals surface area contributed by atoms with E-state index in [2.05, 4.69) is 0 Å². The minimum absolute atomic E-state index is 0.220. The molecule has 0 unspecified atom stereocenters. The lowest BCUT2D eigenvalue weighted by Gasteiger charge is -2.13. The predicted octanol–water partition coefficient (Wildman–Crippen LogP) is 3.78. The van der Waals surface area contributed by atoms with Crippen LogP contribution in [0.15, 0.2) is 30.3 Å². The molecule has 0 fully saturated rings. The summed E-state index contributed by atoms with van der Waals surface area (Å²) >= 11 is 0. The number of halogens is 3. The van der Waals surface area contributed by atoms with Crippen molar-refractivity contribution >= 4 is 16.5 Å². The number of rotatable bonds is 2. The van der Waals surface area contributed by atoms with Gasteiger partial charge < -0.3 is 4.74 Å². The van der Waals surface area contributed by atoms with Crippen LogP contribution in [0.3, 0.4) is 0 Å². The van der Waals surface area contributed by atoms with Crippen molar-refractivity contribution in [3.63, 3.8) is 0 Å². The Morgan fingerprint density at radius 1 is 1.26 bits per heavy atom. The molecule has 0 saturated carbocycles. The van der Waals surface area contributed by atoms with Crippen LogP contribution in [0.25, 0.3) is 10.8 Å². The van der Waals surface area contributed by atoms with Crippen molar-refractivity contribution in [1.82, 2.24) is 0 Å². The predicted molar refractivity (Wildman–Crippen MR) is 62.2 cm³/mol. The van der Waals surface area contributed by atoms with Crippen molar-refractivity contribution in [2.45, 2.75) is 6.18 Å². The summed E-state index contributed by atoms with van der Waals surface area (Å²) in [6.07, 6.45) is -4.84. The Labute approximate surface area is 105 Å². The summed E-state index contributed by atoms with van der Waals surface area (Å²) in [5.41, 5.74) is -2.35. The highest BCUT2D eigenvalue weighted by Gasteiger charge is 2.42. The van der Waals surface area contributed by atoms with Crippen LogP contribution in [0, 0.1) is 10.1 Å². The summed E-state index contributed by atoms with van der Waals surface area (Å²) in [6.45, 7) is 0. The zero-order valence-corrected chi connectivity index (χ0v) is 9.69. The molecular weight excluding hydrogens is 263 g/mol. The summed E-state index contributed by atoms with van der Waals surface area (Å²) in [7, 11) is 1.09. The molecule has 2 rings (SSSR count). The molecule has 4 nitrogen and oxygen atoms in total. The maximum Gasteiger partial charge on any atom is 0.423 e. The number of hydrogen-bond donors (Lipinski definition) is 0. The van der Waals surface area contributed by atoms with E-state index in [0.29, 0.717) is 0 Å². The molecular formula is C12H8F3NO3. The molecule has 0 spiro atoms. The van der Waals surface area contributed by atoms with Gasteiger partial charge in [0.15, 0.2) is 5.75 Å². The highest BCUT2D eigenvalue weighted by molar-refractivity contribution is 5.91. The number of nitro benzene ring substituents is 1. The van der Waals surface area contributed by atoms with E-state index in [9.17, 15) is 23.3 Å². The number of nitro groups is 1. The first-order valence-electron chi connectivity index (χ1n) is 5.17. The zero-order chi connectivity index (χ0) is 14.2. The number of nitrogens with zero attached hydrogens (tertiary/aromatic N) is 1. The molecule has 0 saturated heterocycles. The van der Waals surface area contributed by atoms with Gasteiger partial charge in [-0.15, -0.1) is 0 Å². The standard InChI is InChI=1S/C12H8F3NO3/c1-19-9-6-7-4-2-3-5-8(7)10(12(13,14)15)11(9)16(17)18/h2-6H,1H3. The molecule has 0 N–H and O–H groups in total. The maximum absolute atomic E-state index is 13.1. The average molecular weight is 271 g/mol. The number of benzene rings is 2. The van der Waals surface area contributed by atoms with Gasteiger partial charge in [0.1, 0.15) is 5.56 Å². The third-order valence-corrected chi connectivity index (χ3v) is 2.67. The van der Waals surface area contributed by atoms with Gasteiger partial charge in [0, 0.05) is 5.39 Å². The van der Waals surface area contributed by atoms with Crippen LogP contribution < -0.4 is 4.74 Å². The maximum atomic E-state index is 13.1. The quantitative estimate of drug-likeness (QED) is 0.617. The van der Waals surface area contributed by atoms with Gasteiger partial charge in [-0.25, -0.2) is 0 Å². The molecule has 100 valence electrons. The molecule has 7 heteroatoms. The molecule has 0 bridgehead atoms. The van der Waals surface area contributed by atoms with E-state index in [1.807, 2.05) is 0 Å². The van der Waals surface area contributed by atoms with E-state index in [1.165, 1.54) is 24.3 Å². The second-order valence-electron chi connectivity index (χ2n) is 3.78. The van der Waals surface area contributed by atoms with E-state index < -0.39 is 28.1 Å². The van der Waals surface area contributed by atoms with E-state index in [-0.39, 0.29) is 10.8 Å². The third-order valence-electron chi connectivity index (χ3n) is 2.67. The lowest BCUT2D eigenvalue weighted by molar-refractivity contribution is -0.388. The Morgan fingerprint density at radius 3 is 2.42 bits per heavy atom. The summed E-state index contributed by atoms with van der Waals surface area (Å²) in [5.74, 6) is -0.406. The monoisotopic (exact) mass is 271 g/mol. The van der Waals surface area contributed by atoms with Crippen LogP contribution in [0.1, 0.15) is 5.56 Å². The molecule has 0 aliphatic heterocycles. The summed E-state index contributed by atoms with van der Waals surface area (Å²) in [5, 5.41) is 10.9. The smallest absolute Gasteiger partial charge is 0.423 e. The van der Waals surface area contributed by atoms with Crippen molar-refractivity contribution in [3.05, 3.63) is 46.0 Å². The fraction of sp³-hybridized carbons (Fsp3) is 0.167. The van der Waals surface area contributed by atoms with Crippen molar-refractivity contribution < 1.29 is 22.8 Å². The Hall–Kier alpha value is -2.31. The molecule has 19 heavy (non-hydrogen) atoms. The molecule has 2 aromatic carbocycles. The Bertz CT molecular complexity index is 652. The fourth-order valence-electron chi connectivity index (χ4n) is 1.93. The molecule has 0 radical (unpaired) electrons. The largest absolute Gasteiger partial charge is 0.490 e. The number of alkyl halides is 3. The van der Waals surface area contributed by atoms with E-state index >= 15 is 0 Å². The second kappa shape index (κ2) is 4.42. The summed E-state index contributed by atoms with van der Waals surface area (Å²) in [4.78, 5) is 9.84. The molecule has 0 amide bonds. The molecule has 2 aromatic rings. The van der Waals surface area contributed by atoms with Gasteiger partial charge in [-0.3, -0.25) is 10.1 Å². The Morgan fingerprint density at radius 2 is 1.89 bits per heavy atom. The molecule has 0 aromatic heterocycles. The third kappa shape index (κ3) is 2.18. The van der Waals surface area contributed by atoms with Crippen LogP contribution in [-0.2, 0) is 6.18 Å². The van der Waals surface area contributed by atoms with Gasteiger partial charge in [-0.1, -0.05) is 24.3 Å². The number of hydrogen-bond acceptors (Lipinski definition) is 3. The normalized spacial score (nSPS) is 11.6. The highest BCUT2D eigenvalue weighted by Crippen LogP contribution is 2.45. The van der Waals surface area contributed by atoms with Gasteiger partial charge in [-0.05, 0) is 11.5 Å². The molecule has 0 heterocycles. The topological polar surface area (TPSA) is 52.4 Å². The van der Waals surface area contributed by atoms with Crippen LogP contribution in [0.4, 0.5) is 18.9 Å². The molecule has 0 aliphatic carbocycles. The molecule has 0 atom stereocenters. The Balaban J connectivity index is 2.99. The molecule has 0 aliphatic rings. The van der Waals surface area contributed by atoms with Crippen molar-refractivity contribution in [3.8, 4) is 5.75 Å². The van der Waals surface area contributed by atoms with Crippen molar-refractivity contribution in [2.75, 3.05) is 7.11 Å². The first kappa shape index (κ1) is 13.1. The van der Waals surface area contributed by atoms with Crippen LogP contribution in [0.2, 0.25) is 0 Å². The number of ether oxygens (including phenoxy) is 1. The number of methoxy groups -OCH3 is 1. The van der Waals surface area contributed by atoms with Crippen LogP contribution >= 0.6 is 0 Å². The van der Waals surface area contributed by atoms with Gasteiger partial charge in [0.2, 0.25) is 0 Å². The average Bonchev–Trinajstić information content (AvgIpc) is 2.34. The van der Waals surface area contributed by atoms with Crippen molar-refractivity contribution in [2.24, 2.45) is 0 Å². The SMILES string of the molecule is COc1cc2ccccc2c(C(F)(F)F)c1[N+](=O)[O-].